The third kappa shape index (κ3) is 2.85. The van der Waals surface area contributed by atoms with Gasteiger partial charge in [-0.25, -0.2) is 4.79 Å². The highest BCUT2D eigenvalue weighted by atomic mass is 16.3. The lowest BCUT2D eigenvalue weighted by Crippen LogP contribution is -2.51. The number of hydrogen-bond acceptors (Lipinski definition) is 4. The van der Waals surface area contributed by atoms with E-state index in [4.69, 9.17) is 4.42 Å². The van der Waals surface area contributed by atoms with Crippen LogP contribution in [-0.2, 0) is 29.0 Å². The van der Waals surface area contributed by atoms with Gasteiger partial charge in [-0.3, -0.25) is 14.5 Å². The number of nitrogens with zero attached hydrogens (tertiary/aromatic N) is 1. The highest BCUT2D eigenvalue weighted by molar-refractivity contribution is 6.09. The largest absolute Gasteiger partial charge is 0.467 e. The van der Waals surface area contributed by atoms with Gasteiger partial charge in [0.05, 0.1) is 12.8 Å². The quantitative estimate of drug-likeness (QED) is 0.812. The third-order valence-corrected chi connectivity index (χ3v) is 5.02. The van der Waals surface area contributed by atoms with Crippen LogP contribution in [-0.4, -0.2) is 34.8 Å². The second-order valence-corrected chi connectivity index (χ2v) is 6.71. The molecule has 4 rings (SSSR count). The number of carbonyl (C=O) groups is 3. The van der Waals surface area contributed by atoms with Gasteiger partial charge in [0.15, 0.2) is 0 Å². The number of imide groups is 1. The number of urea groups is 1. The Bertz CT molecular complexity index is 861. The molecule has 2 heterocycles. The van der Waals surface area contributed by atoms with Crippen LogP contribution in [0.1, 0.15) is 23.3 Å². The summed E-state index contributed by atoms with van der Waals surface area (Å²) in [6, 6.07) is 10.9. The van der Waals surface area contributed by atoms with Gasteiger partial charge in [0.25, 0.3) is 5.91 Å². The minimum atomic E-state index is -0.938. The normalized spacial score (nSPS) is 21.6. The van der Waals surface area contributed by atoms with Gasteiger partial charge in [0, 0.05) is 6.42 Å². The van der Waals surface area contributed by atoms with E-state index in [0.29, 0.717) is 18.6 Å². The summed E-state index contributed by atoms with van der Waals surface area (Å²) in [7, 11) is 0. The molecule has 0 bridgehead atoms. The molecule has 4 amide bonds. The molecule has 2 N–H and O–H groups in total. The monoisotopic (exact) mass is 353 g/mol. The number of furan rings is 1. The van der Waals surface area contributed by atoms with Crippen LogP contribution in [0.25, 0.3) is 0 Å². The summed E-state index contributed by atoms with van der Waals surface area (Å²) in [5.41, 5.74) is 1.33. The smallest absolute Gasteiger partial charge is 0.325 e. The molecule has 1 saturated heterocycles. The van der Waals surface area contributed by atoms with Gasteiger partial charge in [-0.2, -0.15) is 0 Å². The SMILES string of the molecule is O=C(CN1C(=O)N[C@@]2(CCc3ccccc3C2)C1=O)NCc1ccco1. The summed E-state index contributed by atoms with van der Waals surface area (Å²) in [5.74, 6) is -0.126. The Morgan fingerprint density at radius 2 is 2.00 bits per heavy atom. The molecular weight excluding hydrogens is 334 g/mol. The van der Waals surface area contributed by atoms with Gasteiger partial charge in [-0.1, -0.05) is 24.3 Å². The average molecular weight is 353 g/mol. The van der Waals surface area contributed by atoms with E-state index in [1.807, 2.05) is 24.3 Å². The molecule has 1 aromatic carbocycles. The molecule has 1 fully saturated rings. The minimum Gasteiger partial charge on any atom is -0.467 e. The average Bonchev–Trinajstić information content (AvgIpc) is 3.23. The van der Waals surface area contributed by atoms with Crippen molar-refractivity contribution in [3.8, 4) is 0 Å². The first-order chi connectivity index (χ1) is 12.6. The number of rotatable bonds is 4. The Balaban J connectivity index is 1.43. The number of nitrogens with one attached hydrogen (secondary N) is 2. The molecule has 0 saturated carbocycles. The molecule has 2 aromatic rings. The second kappa shape index (κ2) is 6.33. The van der Waals surface area contributed by atoms with Crippen LogP contribution >= 0.6 is 0 Å². The molecule has 1 aliphatic carbocycles. The van der Waals surface area contributed by atoms with Gasteiger partial charge in [0.1, 0.15) is 17.8 Å². The van der Waals surface area contributed by atoms with Crippen molar-refractivity contribution in [3.05, 3.63) is 59.5 Å². The Hall–Kier alpha value is -3.09. The lowest BCUT2D eigenvalue weighted by molar-refractivity contribution is -0.135. The molecule has 2 aliphatic rings. The van der Waals surface area contributed by atoms with Crippen molar-refractivity contribution in [1.82, 2.24) is 15.5 Å². The van der Waals surface area contributed by atoms with Gasteiger partial charge in [-0.05, 0) is 36.1 Å². The highest BCUT2D eigenvalue weighted by Gasteiger charge is 2.52. The van der Waals surface area contributed by atoms with Crippen molar-refractivity contribution in [1.29, 1.82) is 0 Å². The first-order valence-electron chi connectivity index (χ1n) is 8.57. The highest BCUT2D eigenvalue weighted by Crippen LogP contribution is 2.33. The predicted octanol–water partition coefficient (Wildman–Crippen LogP) is 1.38. The maximum Gasteiger partial charge on any atom is 0.325 e. The van der Waals surface area contributed by atoms with E-state index in [-0.39, 0.29) is 19.0 Å². The zero-order valence-electron chi connectivity index (χ0n) is 14.2. The fourth-order valence-electron chi connectivity index (χ4n) is 3.64. The van der Waals surface area contributed by atoms with Crippen molar-refractivity contribution < 1.29 is 18.8 Å². The number of carbonyl (C=O) groups excluding carboxylic acids is 3. The zero-order chi connectivity index (χ0) is 18.1. The topological polar surface area (TPSA) is 91.7 Å². The summed E-state index contributed by atoms with van der Waals surface area (Å²) >= 11 is 0. The van der Waals surface area contributed by atoms with Crippen molar-refractivity contribution >= 4 is 17.8 Å². The summed E-state index contributed by atoms with van der Waals surface area (Å²) in [6.07, 6.45) is 3.24. The van der Waals surface area contributed by atoms with E-state index >= 15 is 0 Å². The molecule has 7 heteroatoms. The molecule has 1 aromatic heterocycles. The van der Waals surface area contributed by atoms with Crippen LogP contribution in [0.2, 0.25) is 0 Å². The first kappa shape index (κ1) is 16.4. The number of benzene rings is 1. The summed E-state index contributed by atoms with van der Waals surface area (Å²) in [4.78, 5) is 38.4. The van der Waals surface area contributed by atoms with Gasteiger partial charge in [0.2, 0.25) is 5.91 Å². The van der Waals surface area contributed by atoms with Crippen LogP contribution < -0.4 is 10.6 Å². The summed E-state index contributed by atoms with van der Waals surface area (Å²) in [6.45, 7) is -0.0806. The second-order valence-electron chi connectivity index (χ2n) is 6.71. The molecule has 0 radical (unpaired) electrons. The number of fused-ring (bicyclic) bond motifs is 1. The van der Waals surface area contributed by atoms with Crippen LogP contribution in [0.3, 0.4) is 0 Å². The van der Waals surface area contributed by atoms with E-state index < -0.39 is 17.5 Å². The molecule has 134 valence electrons. The number of hydrogen-bond donors (Lipinski definition) is 2. The molecule has 1 atom stereocenters. The van der Waals surface area contributed by atoms with Crippen LogP contribution in [0.5, 0.6) is 0 Å². The molecular formula is C19H19N3O4. The number of aryl methyl sites for hydroxylation is 1. The summed E-state index contributed by atoms with van der Waals surface area (Å²) in [5, 5.41) is 5.48. The van der Waals surface area contributed by atoms with E-state index in [1.54, 1.807) is 12.1 Å². The minimum absolute atomic E-state index is 0.216. The predicted molar refractivity (Wildman–Crippen MR) is 92.0 cm³/mol. The van der Waals surface area contributed by atoms with Crippen LogP contribution in [0, 0.1) is 0 Å². The van der Waals surface area contributed by atoms with E-state index in [2.05, 4.69) is 10.6 Å². The molecule has 26 heavy (non-hydrogen) atoms. The van der Waals surface area contributed by atoms with Gasteiger partial charge in [-0.15, -0.1) is 0 Å². The molecule has 1 spiro atoms. The third-order valence-electron chi connectivity index (χ3n) is 5.02. The molecule has 7 nitrogen and oxygen atoms in total. The van der Waals surface area contributed by atoms with Crippen LogP contribution in [0.4, 0.5) is 4.79 Å². The lowest BCUT2D eigenvalue weighted by atomic mass is 9.78. The maximum atomic E-state index is 12.9. The van der Waals surface area contributed by atoms with Crippen molar-refractivity contribution in [2.75, 3.05) is 6.54 Å². The fraction of sp³-hybridized carbons (Fsp3) is 0.316. The Morgan fingerprint density at radius 3 is 2.77 bits per heavy atom. The van der Waals surface area contributed by atoms with Crippen LogP contribution in [0.15, 0.2) is 47.1 Å². The van der Waals surface area contributed by atoms with E-state index in [0.717, 1.165) is 16.9 Å². The van der Waals surface area contributed by atoms with E-state index in [9.17, 15) is 14.4 Å². The molecule has 1 aliphatic heterocycles. The lowest BCUT2D eigenvalue weighted by Gasteiger charge is -2.32. The first-order valence-corrected chi connectivity index (χ1v) is 8.57. The number of amides is 4. The zero-order valence-corrected chi connectivity index (χ0v) is 14.2. The van der Waals surface area contributed by atoms with Crippen molar-refractivity contribution in [3.63, 3.8) is 0 Å². The fourth-order valence-corrected chi connectivity index (χ4v) is 3.64. The molecule has 0 unspecified atom stereocenters. The summed E-state index contributed by atoms with van der Waals surface area (Å²) < 4.78 is 5.14. The van der Waals surface area contributed by atoms with Gasteiger partial charge < -0.3 is 15.1 Å². The van der Waals surface area contributed by atoms with Crippen molar-refractivity contribution in [2.45, 2.75) is 31.3 Å². The standard InChI is InChI=1S/C19H19N3O4/c23-16(20-11-15-6-3-9-26-15)12-22-17(24)19(21-18(22)25)8-7-13-4-1-2-5-14(13)10-19/h1-6,9H,7-8,10-12H2,(H,20,23)(H,21,25)/t19-/m1/s1. The Labute approximate surface area is 150 Å². The Kier molecular flexibility index (Phi) is 3.99. The van der Waals surface area contributed by atoms with Crippen molar-refractivity contribution in [2.24, 2.45) is 0 Å². The maximum absolute atomic E-state index is 12.9. The van der Waals surface area contributed by atoms with E-state index in [1.165, 1.54) is 11.8 Å². The Morgan fingerprint density at radius 1 is 1.19 bits per heavy atom. The van der Waals surface area contributed by atoms with Gasteiger partial charge >= 0.3 is 6.03 Å².